The molecule has 31 heavy (non-hydrogen) atoms. The highest BCUT2D eigenvalue weighted by atomic mass is 16.5. The van der Waals surface area contributed by atoms with E-state index in [0.29, 0.717) is 13.1 Å². The molecular formula is C25H28N4O2. The van der Waals surface area contributed by atoms with Gasteiger partial charge >= 0.3 is 6.03 Å². The molecule has 0 bridgehead atoms. The zero-order valence-corrected chi connectivity index (χ0v) is 17.8. The van der Waals surface area contributed by atoms with Crippen molar-refractivity contribution in [1.82, 2.24) is 14.5 Å². The van der Waals surface area contributed by atoms with Crippen molar-refractivity contribution in [3.05, 3.63) is 72.1 Å². The second kappa shape index (κ2) is 8.55. The van der Waals surface area contributed by atoms with Crippen LogP contribution in [0.25, 0.3) is 11.4 Å². The number of rotatable bonds is 3. The van der Waals surface area contributed by atoms with Crippen LogP contribution in [0.2, 0.25) is 0 Å². The van der Waals surface area contributed by atoms with Gasteiger partial charge < -0.3 is 19.5 Å². The molecule has 2 atom stereocenters. The molecule has 3 heterocycles. The van der Waals surface area contributed by atoms with Gasteiger partial charge in [-0.25, -0.2) is 9.78 Å². The first-order valence-electron chi connectivity index (χ1n) is 11.1. The summed E-state index contributed by atoms with van der Waals surface area (Å²) in [6.07, 6.45) is 5.35. The van der Waals surface area contributed by atoms with Gasteiger partial charge in [0.1, 0.15) is 11.9 Å². The Kier molecular flexibility index (Phi) is 5.47. The minimum atomic E-state index is -0.113. The molecule has 3 aromatic rings. The zero-order chi connectivity index (χ0) is 21.2. The quantitative estimate of drug-likeness (QED) is 0.662. The van der Waals surface area contributed by atoms with Crippen LogP contribution in [0.5, 0.6) is 0 Å². The average Bonchev–Trinajstić information content (AvgIpc) is 3.24. The van der Waals surface area contributed by atoms with Crippen molar-refractivity contribution in [1.29, 1.82) is 0 Å². The lowest BCUT2D eigenvalue weighted by Gasteiger charge is -2.37. The van der Waals surface area contributed by atoms with Crippen LogP contribution in [0.4, 0.5) is 10.5 Å². The Balaban J connectivity index is 1.31. The largest absolute Gasteiger partial charge is 0.367 e. The van der Waals surface area contributed by atoms with Gasteiger partial charge in [0, 0.05) is 36.2 Å². The predicted molar refractivity (Wildman–Crippen MR) is 121 cm³/mol. The van der Waals surface area contributed by atoms with E-state index >= 15 is 0 Å². The monoisotopic (exact) mass is 416 g/mol. The van der Waals surface area contributed by atoms with E-state index in [-0.39, 0.29) is 18.2 Å². The summed E-state index contributed by atoms with van der Waals surface area (Å²) < 4.78 is 8.40. The van der Waals surface area contributed by atoms with Gasteiger partial charge in [-0.05, 0) is 43.9 Å². The number of morpholine rings is 1. The number of amides is 2. The number of nitrogens with zero attached hydrogens (tertiary/aromatic N) is 3. The van der Waals surface area contributed by atoms with Crippen molar-refractivity contribution >= 4 is 11.7 Å². The molecule has 5 rings (SSSR count). The van der Waals surface area contributed by atoms with Gasteiger partial charge in [0.25, 0.3) is 0 Å². The summed E-state index contributed by atoms with van der Waals surface area (Å²) in [7, 11) is 0. The fourth-order valence-electron chi connectivity index (χ4n) is 4.57. The number of anilines is 1. The summed E-state index contributed by atoms with van der Waals surface area (Å²) in [6, 6.07) is 18.0. The van der Waals surface area contributed by atoms with Gasteiger partial charge in [0.2, 0.25) is 0 Å². The zero-order valence-electron chi connectivity index (χ0n) is 17.8. The molecule has 0 unspecified atom stereocenters. The average molecular weight is 417 g/mol. The highest BCUT2D eigenvalue weighted by molar-refractivity contribution is 5.90. The number of aromatic nitrogens is 2. The van der Waals surface area contributed by atoms with Crippen LogP contribution in [0.1, 0.15) is 37.1 Å². The highest BCUT2D eigenvalue weighted by Crippen LogP contribution is 2.28. The number of ether oxygens (including phenoxy) is 1. The van der Waals surface area contributed by atoms with Crippen LogP contribution < -0.4 is 5.32 Å². The predicted octanol–water partition coefficient (Wildman–Crippen LogP) is 4.88. The summed E-state index contributed by atoms with van der Waals surface area (Å²) >= 11 is 0. The Morgan fingerprint density at radius 2 is 1.97 bits per heavy atom. The third-order valence-electron chi connectivity index (χ3n) is 6.09. The summed E-state index contributed by atoms with van der Waals surface area (Å²) in [4.78, 5) is 19.6. The number of imidazole rings is 1. The molecule has 6 heteroatoms. The summed E-state index contributed by atoms with van der Waals surface area (Å²) in [5.74, 6) is 0.981. The number of hydrogen-bond donors (Lipinski definition) is 1. The van der Waals surface area contributed by atoms with Crippen molar-refractivity contribution in [2.24, 2.45) is 0 Å². The lowest BCUT2D eigenvalue weighted by Crippen LogP contribution is -2.47. The Hall–Kier alpha value is -3.12. The first kappa shape index (κ1) is 19.8. The van der Waals surface area contributed by atoms with Crippen molar-refractivity contribution in [3.8, 4) is 11.4 Å². The molecule has 2 aliphatic rings. The summed E-state index contributed by atoms with van der Waals surface area (Å²) in [5, 5.41) is 3.08. The van der Waals surface area contributed by atoms with E-state index in [1.54, 1.807) is 0 Å². The maximum atomic E-state index is 13.1. The third-order valence-corrected chi connectivity index (χ3v) is 6.09. The Morgan fingerprint density at radius 1 is 1.10 bits per heavy atom. The molecular weight excluding hydrogens is 388 g/mol. The number of hydrogen-bond acceptors (Lipinski definition) is 3. The molecule has 2 amide bonds. The second-order valence-corrected chi connectivity index (χ2v) is 8.44. The molecule has 0 spiro atoms. The number of aryl methyl sites for hydroxylation is 1. The molecule has 0 aliphatic carbocycles. The normalized spacial score (nSPS) is 20.9. The number of carbonyl (C=O) groups is 1. The van der Waals surface area contributed by atoms with Crippen molar-refractivity contribution in [2.75, 3.05) is 18.4 Å². The molecule has 2 aliphatic heterocycles. The van der Waals surface area contributed by atoms with Crippen LogP contribution >= 0.6 is 0 Å². The molecule has 6 nitrogen and oxygen atoms in total. The maximum Gasteiger partial charge on any atom is 0.322 e. The molecule has 0 radical (unpaired) electrons. The Labute approximate surface area is 182 Å². The van der Waals surface area contributed by atoms with Gasteiger partial charge in [-0.2, -0.15) is 0 Å². The molecule has 1 saturated heterocycles. The first-order chi connectivity index (χ1) is 15.2. The molecule has 0 saturated carbocycles. The molecule has 1 N–H and O–H groups in total. The molecule has 1 aromatic heterocycles. The third kappa shape index (κ3) is 4.21. The SMILES string of the molecule is C[C@H]1CN(C(=O)Nc2cccc(-c3ncc4n3CCCC4)c2)C[C@H](c2ccccc2)O1. The van der Waals surface area contributed by atoms with Crippen LogP contribution in [0.15, 0.2) is 60.8 Å². The highest BCUT2D eigenvalue weighted by Gasteiger charge is 2.29. The smallest absolute Gasteiger partial charge is 0.322 e. The van der Waals surface area contributed by atoms with Crippen LogP contribution in [-0.4, -0.2) is 39.7 Å². The number of carbonyl (C=O) groups excluding carboxylic acids is 1. The molecule has 2 aromatic carbocycles. The molecule has 160 valence electrons. The maximum absolute atomic E-state index is 13.1. The van der Waals surface area contributed by atoms with E-state index in [1.807, 2.05) is 66.6 Å². The van der Waals surface area contributed by atoms with Gasteiger partial charge in [-0.1, -0.05) is 42.5 Å². The van der Waals surface area contributed by atoms with Crippen LogP contribution in [0.3, 0.4) is 0 Å². The minimum Gasteiger partial charge on any atom is -0.367 e. The second-order valence-electron chi connectivity index (χ2n) is 8.44. The lowest BCUT2D eigenvalue weighted by molar-refractivity contribution is -0.0642. The standard InChI is InChI=1S/C25H28N4O2/c1-18-16-28(17-23(31-18)19-8-3-2-4-9-19)25(30)27-21-11-7-10-20(14-21)24-26-15-22-12-5-6-13-29(22)24/h2-4,7-11,14-15,18,23H,5-6,12-13,16-17H2,1H3,(H,27,30)/t18-,23+/m0/s1. The van der Waals surface area contributed by atoms with E-state index in [2.05, 4.69) is 20.9 Å². The fourth-order valence-corrected chi connectivity index (χ4v) is 4.57. The van der Waals surface area contributed by atoms with Gasteiger partial charge in [-0.15, -0.1) is 0 Å². The topological polar surface area (TPSA) is 59.4 Å². The van der Waals surface area contributed by atoms with Crippen molar-refractivity contribution < 1.29 is 9.53 Å². The van der Waals surface area contributed by atoms with E-state index in [4.69, 9.17) is 4.74 Å². The Bertz CT molecular complexity index is 1060. The number of benzene rings is 2. The van der Waals surface area contributed by atoms with E-state index in [0.717, 1.165) is 35.6 Å². The fraction of sp³-hybridized carbons (Fsp3) is 0.360. The summed E-state index contributed by atoms with van der Waals surface area (Å²) in [6.45, 7) is 4.13. The van der Waals surface area contributed by atoms with E-state index in [9.17, 15) is 4.79 Å². The molecule has 1 fully saturated rings. The van der Waals surface area contributed by atoms with Crippen molar-refractivity contribution in [3.63, 3.8) is 0 Å². The minimum absolute atomic E-state index is 0.0209. The number of urea groups is 1. The lowest BCUT2D eigenvalue weighted by atomic mass is 10.1. The number of fused-ring (bicyclic) bond motifs is 1. The van der Waals surface area contributed by atoms with E-state index < -0.39 is 0 Å². The van der Waals surface area contributed by atoms with E-state index in [1.165, 1.54) is 18.5 Å². The van der Waals surface area contributed by atoms with Crippen molar-refractivity contribution in [2.45, 2.75) is 44.9 Å². The Morgan fingerprint density at radius 3 is 2.84 bits per heavy atom. The van der Waals surface area contributed by atoms with Crippen LogP contribution in [-0.2, 0) is 17.7 Å². The van der Waals surface area contributed by atoms with Crippen LogP contribution in [0, 0.1) is 0 Å². The van der Waals surface area contributed by atoms with Gasteiger partial charge in [0.05, 0.1) is 12.6 Å². The summed E-state index contributed by atoms with van der Waals surface area (Å²) in [5.41, 5.74) is 4.21. The first-order valence-corrected chi connectivity index (χ1v) is 11.1. The van der Waals surface area contributed by atoms with Gasteiger partial charge in [-0.3, -0.25) is 0 Å². The van der Waals surface area contributed by atoms with Gasteiger partial charge in [0.15, 0.2) is 0 Å². The number of nitrogens with one attached hydrogen (secondary N) is 1.